The van der Waals surface area contributed by atoms with Crippen molar-refractivity contribution in [1.82, 2.24) is 19.5 Å². The number of aryl methyl sites for hydroxylation is 2. The predicted molar refractivity (Wildman–Crippen MR) is 122 cm³/mol. The van der Waals surface area contributed by atoms with Gasteiger partial charge in [-0.3, -0.25) is 14.1 Å². The van der Waals surface area contributed by atoms with E-state index in [4.69, 9.17) is 4.74 Å². The van der Waals surface area contributed by atoms with Crippen LogP contribution >= 0.6 is 0 Å². The number of hydrogen-bond donors (Lipinski definition) is 1. The highest BCUT2D eigenvalue weighted by Gasteiger charge is 2.16. The van der Waals surface area contributed by atoms with E-state index in [-0.39, 0.29) is 10.7 Å². The van der Waals surface area contributed by atoms with E-state index >= 15 is 0 Å². The number of ether oxygens (including phenoxy) is 1. The van der Waals surface area contributed by atoms with Gasteiger partial charge in [0.05, 0.1) is 4.90 Å². The highest BCUT2D eigenvalue weighted by atomic mass is 32.2. The van der Waals surface area contributed by atoms with Crippen LogP contribution in [0.3, 0.4) is 0 Å². The van der Waals surface area contributed by atoms with Crippen molar-refractivity contribution in [3.63, 3.8) is 0 Å². The summed E-state index contributed by atoms with van der Waals surface area (Å²) in [6, 6.07) is 14.0. The quantitative estimate of drug-likeness (QED) is 0.411. The second kappa shape index (κ2) is 8.83. The van der Waals surface area contributed by atoms with Crippen LogP contribution in [0.25, 0.3) is 5.82 Å². The number of hydrogen-bond acceptors (Lipinski definition) is 7. The molecule has 0 amide bonds. The standard InChI is InChI=1S/C23H21N5O4S/c1-15(29)18-5-4-6-21(13-18)33(30,31)27-19-7-9-20(10-8-19)32-23-14-22(25-16(2)26-23)28-12-11-24-17(28)3/h4-14,27H,1-3H3. The fourth-order valence-corrected chi connectivity index (χ4v) is 4.23. The van der Waals surface area contributed by atoms with Crippen LogP contribution in [0.1, 0.15) is 28.9 Å². The van der Waals surface area contributed by atoms with Crippen LogP contribution in [0.4, 0.5) is 5.69 Å². The minimum absolute atomic E-state index is 0.00862. The lowest BCUT2D eigenvalue weighted by Gasteiger charge is -2.11. The Labute approximate surface area is 191 Å². The number of carbonyl (C=O) groups is 1. The molecule has 2 aromatic carbocycles. The molecule has 0 unspecified atom stereocenters. The number of anilines is 1. The second-order valence-electron chi connectivity index (χ2n) is 7.27. The van der Waals surface area contributed by atoms with Gasteiger partial charge in [-0.2, -0.15) is 4.98 Å². The van der Waals surface area contributed by atoms with Crippen molar-refractivity contribution in [2.75, 3.05) is 4.72 Å². The molecule has 2 heterocycles. The van der Waals surface area contributed by atoms with Crippen LogP contribution < -0.4 is 9.46 Å². The molecule has 0 aliphatic carbocycles. The molecule has 0 atom stereocenters. The van der Waals surface area contributed by atoms with Crippen LogP contribution in [0.2, 0.25) is 0 Å². The molecule has 1 N–H and O–H groups in total. The summed E-state index contributed by atoms with van der Waals surface area (Å²) in [5, 5.41) is 0. The van der Waals surface area contributed by atoms with E-state index < -0.39 is 10.0 Å². The number of nitrogens with zero attached hydrogens (tertiary/aromatic N) is 4. The van der Waals surface area contributed by atoms with Gasteiger partial charge in [0, 0.05) is 29.7 Å². The van der Waals surface area contributed by atoms with E-state index in [2.05, 4.69) is 19.7 Å². The molecule has 0 bridgehead atoms. The monoisotopic (exact) mass is 463 g/mol. The van der Waals surface area contributed by atoms with Crippen LogP contribution in [0.15, 0.2) is 71.9 Å². The molecule has 10 heteroatoms. The molecule has 0 saturated carbocycles. The number of carbonyl (C=O) groups excluding carboxylic acids is 1. The van der Waals surface area contributed by atoms with Crippen LogP contribution in [-0.2, 0) is 10.0 Å². The highest BCUT2D eigenvalue weighted by Crippen LogP contribution is 2.25. The molecule has 0 aliphatic rings. The van der Waals surface area contributed by atoms with Crippen LogP contribution in [0, 0.1) is 13.8 Å². The number of aromatic nitrogens is 4. The lowest BCUT2D eigenvalue weighted by Crippen LogP contribution is -2.13. The second-order valence-corrected chi connectivity index (χ2v) is 8.95. The van der Waals surface area contributed by atoms with Gasteiger partial charge in [-0.15, -0.1) is 0 Å². The SMILES string of the molecule is CC(=O)c1cccc(S(=O)(=O)Nc2ccc(Oc3cc(-n4ccnc4C)nc(C)n3)cc2)c1. The van der Waals surface area contributed by atoms with E-state index in [1.807, 2.05) is 11.5 Å². The van der Waals surface area contributed by atoms with Crippen LogP contribution in [0.5, 0.6) is 11.6 Å². The predicted octanol–water partition coefficient (Wildman–Crippen LogP) is 4.07. The Morgan fingerprint density at radius 2 is 1.79 bits per heavy atom. The van der Waals surface area contributed by atoms with Crippen molar-refractivity contribution in [3.8, 4) is 17.4 Å². The van der Waals surface area contributed by atoms with Gasteiger partial charge >= 0.3 is 0 Å². The zero-order chi connectivity index (χ0) is 23.6. The van der Waals surface area contributed by atoms with Gasteiger partial charge in [0.1, 0.15) is 23.2 Å². The van der Waals surface area contributed by atoms with Gasteiger partial charge in [0.2, 0.25) is 5.88 Å². The van der Waals surface area contributed by atoms with Crippen molar-refractivity contribution in [2.24, 2.45) is 0 Å². The van der Waals surface area contributed by atoms with E-state index in [0.717, 1.165) is 5.82 Å². The van der Waals surface area contributed by atoms with Gasteiger partial charge in [0.15, 0.2) is 5.78 Å². The number of nitrogens with one attached hydrogen (secondary N) is 1. The molecular formula is C23H21N5O4S. The first-order valence-electron chi connectivity index (χ1n) is 9.99. The average molecular weight is 464 g/mol. The van der Waals surface area contributed by atoms with E-state index in [1.165, 1.54) is 25.1 Å². The molecule has 4 aromatic rings. The third-order valence-corrected chi connectivity index (χ3v) is 6.13. The zero-order valence-corrected chi connectivity index (χ0v) is 19.0. The topological polar surface area (TPSA) is 116 Å². The summed E-state index contributed by atoms with van der Waals surface area (Å²) >= 11 is 0. The van der Waals surface area contributed by atoms with Gasteiger partial charge < -0.3 is 4.74 Å². The molecule has 0 aliphatic heterocycles. The summed E-state index contributed by atoms with van der Waals surface area (Å²) < 4.78 is 35.6. The lowest BCUT2D eigenvalue weighted by atomic mass is 10.2. The lowest BCUT2D eigenvalue weighted by molar-refractivity contribution is 0.101. The Morgan fingerprint density at radius 1 is 1.03 bits per heavy atom. The van der Waals surface area contributed by atoms with Crippen molar-refractivity contribution in [3.05, 3.63) is 84.2 Å². The Balaban J connectivity index is 1.51. The summed E-state index contributed by atoms with van der Waals surface area (Å²) in [7, 11) is -3.85. The third kappa shape index (κ3) is 5.07. The van der Waals surface area contributed by atoms with Gasteiger partial charge in [-0.05, 0) is 57.2 Å². The minimum atomic E-state index is -3.85. The number of rotatable bonds is 7. The Kier molecular flexibility index (Phi) is 5.93. The largest absolute Gasteiger partial charge is 0.439 e. The highest BCUT2D eigenvalue weighted by molar-refractivity contribution is 7.92. The summed E-state index contributed by atoms with van der Waals surface area (Å²) in [4.78, 5) is 24.5. The molecule has 0 fully saturated rings. The van der Waals surface area contributed by atoms with Gasteiger partial charge in [-0.1, -0.05) is 12.1 Å². The maximum absolute atomic E-state index is 12.7. The average Bonchev–Trinajstić information content (AvgIpc) is 3.20. The fourth-order valence-electron chi connectivity index (χ4n) is 3.13. The molecule has 0 radical (unpaired) electrons. The van der Waals surface area contributed by atoms with Crippen molar-refractivity contribution >= 4 is 21.5 Å². The zero-order valence-electron chi connectivity index (χ0n) is 18.2. The maximum atomic E-state index is 12.7. The molecule has 4 rings (SSSR count). The number of Topliss-reactive ketones (excluding diaryl/α,β-unsaturated/α-hetero) is 1. The molecule has 9 nitrogen and oxygen atoms in total. The number of benzene rings is 2. The first-order chi connectivity index (χ1) is 15.7. The molecule has 0 saturated heterocycles. The first kappa shape index (κ1) is 22.2. The molecule has 33 heavy (non-hydrogen) atoms. The molecular weight excluding hydrogens is 442 g/mol. The number of ketones is 1. The fraction of sp³-hybridized carbons (Fsp3) is 0.130. The Morgan fingerprint density at radius 3 is 2.45 bits per heavy atom. The number of sulfonamides is 1. The summed E-state index contributed by atoms with van der Waals surface area (Å²) in [5.74, 6) is 2.56. The Bertz CT molecular complexity index is 1430. The summed E-state index contributed by atoms with van der Waals surface area (Å²) in [6.45, 7) is 5.02. The Hall–Kier alpha value is -4.05. The molecule has 168 valence electrons. The summed E-state index contributed by atoms with van der Waals surface area (Å²) in [6.07, 6.45) is 3.48. The third-order valence-electron chi connectivity index (χ3n) is 4.75. The number of imidazole rings is 1. The van der Waals surface area contributed by atoms with Crippen molar-refractivity contribution < 1.29 is 17.9 Å². The van der Waals surface area contributed by atoms with Gasteiger partial charge in [-0.25, -0.2) is 18.4 Å². The molecule has 2 aromatic heterocycles. The van der Waals surface area contributed by atoms with Crippen molar-refractivity contribution in [1.29, 1.82) is 0 Å². The summed E-state index contributed by atoms with van der Waals surface area (Å²) in [5.41, 5.74) is 0.677. The maximum Gasteiger partial charge on any atom is 0.261 e. The first-order valence-corrected chi connectivity index (χ1v) is 11.5. The molecule has 0 spiro atoms. The van der Waals surface area contributed by atoms with E-state index in [1.54, 1.807) is 55.7 Å². The van der Waals surface area contributed by atoms with Crippen LogP contribution in [-0.4, -0.2) is 33.7 Å². The van der Waals surface area contributed by atoms with E-state index in [9.17, 15) is 13.2 Å². The van der Waals surface area contributed by atoms with Gasteiger partial charge in [0.25, 0.3) is 10.0 Å². The van der Waals surface area contributed by atoms with Crippen molar-refractivity contribution in [2.45, 2.75) is 25.7 Å². The normalized spacial score (nSPS) is 11.2. The van der Waals surface area contributed by atoms with E-state index in [0.29, 0.717) is 34.5 Å². The minimum Gasteiger partial charge on any atom is -0.439 e. The smallest absolute Gasteiger partial charge is 0.261 e.